The van der Waals surface area contributed by atoms with Crippen LogP contribution in [-0.4, -0.2) is 46.4 Å². The van der Waals surface area contributed by atoms with Crippen molar-refractivity contribution in [3.8, 4) is 5.75 Å². The summed E-state index contributed by atoms with van der Waals surface area (Å²) in [6.45, 7) is 9.13. The lowest BCUT2D eigenvalue weighted by atomic mass is 9.94. The Bertz CT molecular complexity index is 1210. The number of ether oxygens (including phenoxy) is 1. The average Bonchev–Trinajstić information content (AvgIpc) is 3.36. The molecule has 4 rings (SSSR count). The molecule has 1 saturated heterocycles. The number of thiazole rings is 1. The van der Waals surface area contributed by atoms with Gasteiger partial charge in [-0.15, -0.1) is 11.3 Å². The number of carbonyl (C=O) groups excluding carboxylic acids is 2. The number of rotatable bonds is 8. The molecule has 3 aromatic rings. The van der Waals surface area contributed by atoms with Crippen LogP contribution < -0.4 is 10.1 Å². The number of likely N-dealkylation sites (tertiary alicyclic amines) is 1. The predicted molar refractivity (Wildman–Crippen MR) is 144 cm³/mol. The Morgan fingerprint density at radius 2 is 1.76 bits per heavy atom. The number of aromatic nitrogens is 1. The van der Waals surface area contributed by atoms with Crippen molar-refractivity contribution in [1.29, 1.82) is 0 Å². The van der Waals surface area contributed by atoms with Crippen molar-refractivity contribution >= 4 is 23.2 Å². The summed E-state index contributed by atoms with van der Waals surface area (Å²) in [6.07, 6.45) is 2.29. The van der Waals surface area contributed by atoms with Gasteiger partial charge in [0.1, 0.15) is 17.3 Å². The summed E-state index contributed by atoms with van der Waals surface area (Å²) in [7, 11) is 0. The summed E-state index contributed by atoms with van der Waals surface area (Å²) in [5, 5.41) is 5.79. The molecule has 2 aromatic carbocycles. The molecule has 8 heteroatoms. The van der Waals surface area contributed by atoms with Crippen molar-refractivity contribution in [1.82, 2.24) is 15.2 Å². The number of benzene rings is 2. The number of hydrogen-bond acceptors (Lipinski definition) is 5. The maximum absolute atomic E-state index is 13.2. The van der Waals surface area contributed by atoms with E-state index in [0.29, 0.717) is 30.8 Å². The summed E-state index contributed by atoms with van der Waals surface area (Å²) in [6, 6.07) is 13.6. The minimum Gasteiger partial charge on any atom is -0.491 e. The number of nitrogens with zero attached hydrogens (tertiary/aromatic N) is 2. The maximum atomic E-state index is 13.2. The first-order valence-electron chi connectivity index (χ1n) is 12.7. The SMILES string of the molecule is CC(C)Oc1ccc(C(=O)N2CCC(c3nc(C(=O)NC(C)(C)Cc4ccc(F)cc4)cs3)CC2)cc1. The van der Waals surface area contributed by atoms with Gasteiger partial charge < -0.3 is 15.0 Å². The Hall–Kier alpha value is -3.26. The van der Waals surface area contributed by atoms with E-state index in [9.17, 15) is 14.0 Å². The van der Waals surface area contributed by atoms with Crippen LogP contribution in [0.4, 0.5) is 4.39 Å². The number of hydrogen-bond donors (Lipinski definition) is 1. The number of nitrogens with one attached hydrogen (secondary N) is 1. The Morgan fingerprint density at radius 3 is 2.38 bits per heavy atom. The molecule has 1 aliphatic rings. The molecule has 0 spiro atoms. The zero-order valence-corrected chi connectivity index (χ0v) is 22.6. The maximum Gasteiger partial charge on any atom is 0.271 e. The summed E-state index contributed by atoms with van der Waals surface area (Å²) in [5.74, 6) is 0.517. The summed E-state index contributed by atoms with van der Waals surface area (Å²) in [4.78, 5) is 32.4. The summed E-state index contributed by atoms with van der Waals surface area (Å²) in [5.41, 5.74) is 1.51. The van der Waals surface area contributed by atoms with Gasteiger partial charge in [-0.3, -0.25) is 9.59 Å². The molecule has 1 fully saturated rings. The van der Waals surface area contributed by atoms with Crippen LogP contribution in [0.15, 0.2) is 53.9 Å². The molecular formula is C29H34FN3O3S. The molecular weight excluding hydrogens is 489 g/mol. The van der Waals surface area contributed by atoms with Crippen LogP contribution in [0, 0.1) is 5.82 Å². The second-order valence-corrected chi connectivity index (χ2v) is 11.4. The fourth-order valence-electron chi connectivity index (χ4n) is 4.57. The van der Waals surface area contributed by atoms with Crippen LogP contribution in [0.3, 0.4) is 0 Å². The zero-order chi connectivity index (χ0) is 26.6. The topological polar surface area (TPSA) is 71.5 Å². The van der Waals surface area contributed by atoms with Crippen molar-refractivity contribution in [2.24, 2.45) is 0 Å². The monoisotopic (exact) mass is 523 g/mol. The molecule has 0 radical (unpaired) electrons. The van der Waals surface area contributed by atoms with Gasteiger partial charge in [-0.2, -0.15) is 0 Å². The number of piperidine rings is 1. The van der Waals surface area contributed by atoms with Gasteiger partial charge in [0.15, 0.2) is 0 Å². The molecule has 1 N–H and O–H groups in total. The van der Waals surface area contributed by atoms with Crippen LogP contribution in [0.2, 0.25) is 0 Å². The van der Waals surface area contributed by atoms with Gasteiger partial charge in [-0.25, -0.2) is 9.37 Å². The minimum absolute atomic E-state index is 0.0251. The first-order valence-corrected chi connectivity index (χ1v) is 13.6. The number of halogens is 1. The Balaban J connectivity index is 1.30. The Kier molecular flexibility index (Phi) is 8.27. The predicted octanol–water partition coefficient (Wildman–Crippen LogP) is 5.84. The highest BCUT2D eigenvalue weighted by Crippen LogP contribution is 2.31. The number of carbonyl (C=O) groups is 2. The molecule has 1 aliphatic heterocycles. The van der Waals surface area contributed by atoms with Gasteiger partial charge in [-0.05, 0) is 88.9 Å². The molecule has 0 aliphatic carbocycles. The second-order valence-electron chi connectivity index (χ2n) is 10.5. The normalized spacial score (nSPS) is 14.6. The fourth-order valence-corrected chi connectivity index (χ4v) is 5.54. The van der Waals surface area contributed by atoms with Crippen LogP contribution in [0.5, 0.6) is 5.75 Å². The summed E-state index contributed by atoms with van der Waals surface area (Å²) >= 11 is 1.50. The molecule has 0 saturated carbocycles. The van der Waals surface area contributed by atoms with Crippen LogP contribution in [-0.2, 0) is 6.42 Å². The summed E-state index contributed by atoms with van der Waals surface area (Å²) < 4.78 is 18.9. The van der Waals surface area contributed by atoms with Crippen molar-refractivity contribution in [2.45, 2.75) is 64.5 Å². The van der Waals surface area contributed by atoms with E-state index >= 15 is 0 Å². The van der Waals surface area contributed by atoms with Crippen molar-refractivity contribution < 1.29 is 18.7 Å². The van der Waals surface area contributed by atoms with Crippen LogP contribution >= 0.6 is 11.3 Å². The van der Waals surface area contributed by atoms with Crippen LogP contribution in [0.25, 0.3) is 0 Å². The average molecular weight is 524 g/mol. The van der Waals surface area contributed by atoms with E-state index in [1.807, 2.05) is 56.9 Å². The second kappa shape index (κ2) is 11.4. The van der Waals surface area contributed by atoms with Gasteiger partial charge in [0.25, 0.3) is 11.8 Å². The van der Waals surface area contributed by atoms with Crippen molar-refractivity contribution in [3.05, 3.63) is 81.6 Å². The highest BCUT2D eigenvalue weighted by Gasteiger charge is 2.28. The van der Waals surface area contributed by atoms with E-state index in [0.717, 1.165) is 29.2 Å². The molecule has 2 amide bonds. The first-order chi connectivity index (χ1) is 17.6. The highest BCUT2D eigenvalue weighted by molar-refractivity contribution is 7.09. The molecule has 6 nitrogen and oxygen atoms in total. The van der Waals surface area contributed by atoms with Gasteiger partial charge in [0, 0.05) is 35.5 Å². The van der Waals surface area contributed by atoms with E-state index in [1.165, 1.54) is 23.5 Å². The Labute approximate surface area is 221 Å². The fraction of sp³-hybridized carbons (Fsp3) is 0.414. The van der Waals surface area contributed by atoms with E-state index in [4.69, 9.17) is 4.74 Å². The lowest BCUT2D eigenvalue weighted by Gasteiger charge is -2.31. The molecule has 0 atom stereocenters. The smallest absolute Gasteiger partial charge is 0.271 e. The van der Waals surface area contributed by atoms with Gasteiger partial charge in [0.05, 0.1) is 11.1 Å². The zero-order valence-electron chi connectivity index (χ0n) is 21.8. The van der Waals surface area contributed by atoms with E-state index in [-0.39, 0.29) is 29.7 Å². The Morgan fingerprint density at radius 1 is 1.11 bits per heavy atom. The number of amides is 2. The quantitative estimate of drug-likeness (QED) is 0.403. The molecule has 0 unspecified atom stereocenters. The van der Waals surface area contributed by atoms with Gasteiger partial charge in [0.2, 0.25) is 0 Å². The van der Waals surface area contributed by atoms with Crippen molar-refractivity contribution in [3.63, 3.8) is 0 Å². The third-order valence-corrected chi connectivity index (χ3v) is 7.38. The minimum atomic E-state index is -0.510. The molecule has 37 heavy (non-hydrogen) atoms. The van der Waals surface area contributed by atoms with E-state index in [1.54, 1.807) is 17.5 Å². The van der Waals surface area contributed by atoms with Crippen molar-refractivity contribution in [2.75, 3.05) is 13.1 Å². The molecule has 2 heterocycles. The largest absolute Gasteiger partial charge is 0.491 e. The third-order valence-electron chi connectivity index (χ3n) is 6.37. The molecule has 1 aromatic heterocycles. The molecule has 196 valence electrons. The van der Waals surface area contributed by atoms with Gasteiger partial charge in [-0.1, -0.05) is 12.1 Å². The van der Waals surface area contributed by atoms with Crippen LogP contribution in [0.1, 0.15) is 77.9 Å². The van der Waals surface area contributed by atoms with E-state index in [2.05, 4.69) is 10.3 Å². The highest BCUT2D eigenvalue weighted by atomic mass is 32.1. The first kappa shape index (κ1) is 26.8. The van der Waals surface area contributed by atoms with E-state index < -0.39 is 5.54 Å². The lowest BCUT2D eigenvalue weighted by molar-refractivity contribution is 0.0713. The molecule has 0 bridgehead atoms. The lowest BCUT2D eigenvalue weighted by Crippen LogP contribution is -2.45. The standard InChI is InChI=1S/C29H34FN3O3S/c1-19(2)36-24-11-7-22(8-12-24)28(35)33-15-13-21(14-16-33)27-31-25(18-37-27)26(34)32-29(3,4)17-20-5-9-23(30)10-6-20/h5-12,18-19,21H,13-17H2,1-4H3,(H,32,34). The van der Waals surface area contributed by atoms with Gasteiger partial charge >= 0.3 is 0 Å². The third kappa shape index (κ3) is 7.16.